The number of imidazole rings is 1. The number of fused-ring (bicyclic) bond motifs is 1. The molecule has 0 amide bonds. The summed E-state index contributed by atoms with van der Waals surface area (Å²) in [7, 11) is 0. The van der Waals surface area contributed by atoms with Gasteiger partial charge in [0.2, 0.25) is 0 Å². The number of aryl methyl sites for hydroxylation is 2. The summed E-state index contributed by atoms with van der Waals surface area (Å²) in [4.78, 5) is 17.5. The number of nitrogens with zero attached hydrogens (tertiary/aromatic N) is 2. The molecule has 136 valence electrons. The van der Waals surface area contributed by atoms with Crippen molar-refractivity contribution in [2.75, 3.05) is 0 Å². The van der Waals surface area contributed by atoms with Crippen molar-refractivity contribution in [3.8, 4) is 0 Å². The minimum Gasteiger partial charge on any atom is -0.297 e. The molecule has 0 N–H and O–H groups in total. The van der Waals surface area contributed by atoms with Crippen LogP contribution < -0.4 is 0 Å². The van der Waals surface area contributed by atoms with Gasteiger partial charge in [0.25, 0.3) is 0 Å². The Morgan fingerprint density at radius 2 is 1.85 bits per heavy atom. The highest BCUT2D eigenvalue weighted by Gasteiger charge is 2.18. The fourth-order valence-corrected chi connectivity index (χ4v) is 3.31. The maximum absolute atomic E-state index is 12.9. The number of Topliss-reactive ketones (excluding diaryl/α,β-unsaturated/α-hetero) is 1. The van der Waals surface area contributed by atoms with Crippen LogP contribution in [0.25, 0.3) is 5.65 Å². The van der Waals surface area contributed by atoms with Gasteiger partial charge in [-0.1, -0.05) is 63.6 Å². The highest BCUT2D eigenvalue weighted by atomic mass is 35.5. The van der Waals surface area contributed by atoms with Crippen LogP contribution in [0, 0.1) is 0 Å². The van der Waals surface area contributed by atoms with E-state index in [0.29, 0.717) is 17.1 Å². The van der Waals surface area contributed by atoms with Crippen LogP contribution >= 0.6 is 11.6 Å². The quantitative estimate of drug-likeness (QED) is 0.544. The van der Waals surface area contributed by atoms with Gasteiger partial charge >= 0.3 is 0 Å². The lowest BCUT2D eigenvalue weighted by molar-refractivity contribution is 0.0976. The predicted molar refractivity (Wildman–Crippen MR) is 107 cm³/mol. The van der Waals surface area contributed by atoms with Crippen LogP contribution in [-0.4, -0.2) is 15.2 Å². The Morgan fingerprint density at radius 3 is 2.46 bits per heavy atom. The van der Waals surface area contributed by atoms with E-state index in [1.54, 1.807) is 12.1 Å². The topological polar surface area (TPSA) is 34.4 Å². The molecule has 26 heavy (non-hydrogen) atoms. The van der Waals surface area contributed by atoms with Gasteiger partial charge in [0.1, 0.15) is 11.3 Å². The summed E-state index contributed by atoms with van der Waals surface area (Å²) < 4.78 is 1.86. The molecule has 3 aromatic rings. The van der Waals surface area contributed by atoms with Crippen LogP contribution in [-0.2, 0) is 18.3 Å². The zero-order valence-corrected chi connectivity index (χ0v) is 16.6. The van der Waals surface area contributed by atoms with Crippen molar-refractivity contribution in [3.05, 3.63) is 70.1 Å². The van der Waals surface area contributed by atoms with Crippen molar-refractivity contribution < 1.29 is 4.79 Å². The summed E-state index contributed by atoms with van der Waals surface area (Å²) in [6, 6.07) is 12.2. The van der Waals surface area contributed by atoms with Crippen LogP contribution in [0.5, 0.6) is 0 Å². The van der Waals surface area contributed by atoms with Crippen LogP contribution in [0.4, 0.5) is 0 Å². The normalized spacial score (nSPS) is 11.9. The molecule has 2 heterocycles. The first-order chi connectivity index (χ1) is 12.3. The first-order valence-corrected chi connectivity index (χ1v) is 9.46. The highest BCUT2D eigenvalue weighted by Crippen LogP contribution is 2.23. The van der Waals surface area contributed by atoms with Gasteiger partial charge in [-0.15, -0.1) is 0 Å². The predicted octanol–water partition coefficient (Wildman–Crippen LogP) is 5.66. The maximum atomic E-state index is 12.9. The first kappa shape index (κ1) is 18.7. The number of ketones is 1. The molecular formula is C22H25ClN2O. The van der Waals surface area contributed by atoms with Gasteiger partial charge < -0.3 is 0 Å². The summed E-state index contributed by atoms with van der Waals surface area (Å²) in [6.45, 7) is 8.63. The average molecular weight is 369 g/mol. The molecule has 3 rings (SSSR count). The van der Waals surface area contributed by atoms with Gasteiger partial charge in [-0.3, -0.25) is 9.20 Å². The molecule has 0 fully saturated rings. The third-order valence-electron chi connectivity index (χ3n) is 4.72. The van der Waals surface area contributed by atoms with E-state index in [9.17, 15) is 4.79 Å². The fourth-order valence-electron chi connectivity index (χ4n) is 3.16. The molecule has 1 aromatic carbocycles. The highest BCUT2D eigenvalue weighted by molar-refractivity contribution is 6.30. The largest absolute Gasteiger partial charge is 0.297 e. The lowest BCUT2D eigenvalue weighted by Crippen LogP contribution is -2.11. The summed E-state index contributed by atoms with van der Waals surface area (Å²) in [5.74, 6) is 0.122. The van der Waals surface area contributed by atoms with E-state index in [2.05, 4.69) is 50.0 Å². The number of carbonyl (C=O) groups excluding carboxylic acids is 1. The van der Waals surface area contributed by atoms with E-state index in [1.807, 2.05) is 17.5 Å². The van der Waals surface area contributed by atoms with Crippen LogP contribution in [0.1, 0.15) is 61.4 Å². The van der Waals surface area contributed by atoms with Crippen molar-refractivity contribution in [2.24, 2.45) is 0 Å². The Morgan fingerprint density at radius 1 is 1.15 bits per heavy atom. The molecule has 0 aliphatic rings. The van der Waals surface area contributed by atoms with Crippen LogP contribution in [0.2, 0.25) is 5.02 Å². The van der Waals surface area contributed by atoms with Gasteiger partial charge in [0.05, 0.1) is 5.69 Å². The first-order valence-electron chi connectivity index (χ1n) is 9.08. The Bertz CT molecular complexity index is 933. The van der Waals surface area contributed by atoms with Crippen molar-refractivity contribution in [2.45, 2.75) is 52.4 Å². The molecule has 0 unspecified atom stereocenters. The number of benzene rings is 1. The molecule has 0 aliphatic carbocycles. The third kappa shape index (κ3) is 3.83. The van der Waals surface area contributed by atoms with Crippen molar-refractivity contribution in [1.29, 1.82) is 0 Å². The van der Waals surface area contributed by atoms with E-state index in [-0.39, 0.29) is 11.2 Å². The number of rotatable bonds is 5. The van der Waals surface area contributed by atoms with E-state index >= 15 is 0 Å². The van der Waals surface area contributed by atoms with Crippen molar-refractivity contribution >= 4 is 23.0 Å². The number of hydrogen-bond acceptors (Lipinski definition) is 2. The zero-order chi connectivity index (χ0) is 18.9. The molecule has 0 bridgehead atoms. The standard InChI is InChI=1S/C22H25ClN2O/c1-5-18-21(25-13-12-17(23)14-20(25)24-18)19(26)11-8-15-6-9-16(10-7-15)22(2,3)4/h6-7,9-10,12-14H,5,8,11H2,1-4H3. The van der Waals surface area contributed by atoms with Gasteiger partial charge in [-0.05, 0) is 35.4 Å². The monoisotopic (exact) mass is 368 g/mol. The summed E-state index contributed by atoms with van der Waals surface area (Å²) >= 11 is 6.05. The van der Waals surface area contributed by atoms with Gasteiger partial charge in [-0.2, -0.15) is 0 Å². The molecule has 0 aliphatic heterocycles. The molecular weight excluding hydrogens is 344 g/mol. The van der Waals surface area contributed by atoms with Crippen molar-refractivity contribution in [3.63, 3.8) is 0 Å². The zero-order valence-electron chi connectivity index (χ0n) is 15.8. The number of halogens is 1. The second kappa shape index (κ2) is 7.24. The van der Waals surface area contributed by atoms with E-state index in [0.717, 1.165) is 24.2 Å². The number of pyridine rings is 1. The van der Waals surface area contributed by atoms with Gasteiger partial charge in [0, 0.05) is 23.7 Å². The Labute approximate surface area is 160 Å². The Hall–Kier alpha value is -2.13. The van der Waals surface area contributed by atoms with E-state index < -0.39 is 0 Å². The smallest absolute Gasteiger partial charge is 0.181 e. The van der Waals surface area contributed by atoms with E-state index in [4.69, 9.17) is 11.6 Å². The number of hydrogen-bond donors (Lipinski definition) is 0. The molecule has 0 atom stereocenters. The summed E-state index contributed by atoms with van der Waals surface area (Å²) in [5.41, 5.74) is 4.88. The maximum Gasteiger partial charge on any atom is 0.181 e. The fraction of sp³-hybridized carbons (Fsp3) is 0.364. The minimum atomic E-state index is 0.122. The Balaban J connectivity index is 1.79. The molecule has 2 aromatic heterocycles. The molecule has 0 saturated carbocycles. The second-order valence-corrected chi connectivity index (χ2v) is 8.14. The molecule has 3 nitrogen and oxygen atoms in total. The van der Waals surface area contributed by atoms with Gasteiger partial charge in [0.15, 0.2) is 5.78 Å². The average Bonchev–Trinajstić information content (AvgIpc) is 2.97. The van der Waals surface area contributed by atoms with Gasteiger partial charge in [-0.25, -0.2) is 4.98 Å². The van der Waals surface area contributed by atoms with E-state index in [1.165, 1.54) is 11.1 Å². The van der Waals surface area contributed by atoms with Crippen LogP contribution in [0.15, 0.2) is 42.6 Å². The number of carbonyl (C=O) groups is 1. The molecule has 0 saturated heterocycles. The minimum absolute atomic E-state index is 0.122. The van der Waals surface area contributed by atoms with Crippen LogP contribution in [0.3, 0.4) is 0 Å². The second-order valence-electron chi connectivity index (χ2n) is 7.70. The molecule has 0 spiro atoms. The van der Waals surface area contributed by atoms with Crippen molar-refractivity contribution in [1.82, 2.24) is 9.38 Å². The Kier molecular flexibility index (Phi) is 5.19. The summed E-state index contributed by atoms with van der Waals surface area (Å²) in [6.07, 6.45) is 3.75. The third-order valence-corrected chi connectivity index (χ3v) is 4.96. The lowest BCUT2D eigenvalue weighted by atomic mass is 9.86. The SMILES string of the molecule is CCc1nc2cc(Cl)ccn2c1C(=O)CCc1ccc(C(C)(C)C)cc1. The number of aromatic nitrogens is 2. The lowest BCUT2D eigenvalue weighted by Gasteiger charge is -2.19. The molecule has 0 radical (unpaired) electrons. The molecule has 4 heteroatoms. The summed E-state index contributed by atoms with van der Waals surface area (Å²) in [5, 5.41) is 0.628.